The highest BCUT2D eigenvalue weighted by atomic mass is 16.2. The predicted octanol–water partition coefficient (Wildman–Crippen LogP) is 1.80. The van der Waals surface area contributed by atoms with E-state index < -0.39 is 5.54 Å². The third-order valence-electron chi connectivity index (χ3n) is 5.14. The minimum atomic E-state index is -0.832. The van der Waals surface area contributed by atoms with Gasteiger partial charge < -0.3 is 10.2 Å². The first-order valence-electron chi connectivity index (χ1n) is 8.90. The van der Waals surface area contributed by atoms with Crippen molar-refractivity contribution >= 4 is 17.8 Å². The van der Waals surface area contributed by atoms with Crippen LogP contribution >= 0.6 is 0 Å². The highest BCUT2D eigenvalue weighted by Gasteiger charge is 2.52. The highest BCUT2D eigenvalue weighted by molar-refractivity contribution is 6.07. The summed E-state index contributed by atoms with van der Waals surface area (Å²) in [5.41, 5.74) is 0.267. The number of carbonyl (C=O) groups is 3. The third-order valence-corrected chi connectivity index (χ3v) is 5.14. The first kappa shape index (κ1) is 17.5. The Morgan fingerprint density at radius 1 is 1.16 bits per heavy atom. The largest absolute Gasteiger partial charge is 0.342 e. The first-order chi connectivity index (χ1) is 11.9. The topological polar surface area (TPSA) is 69.7 Å². The maximum absolute atomic E-state index is 12.9. The highest BCUT2D eigenvalue weighted by Crippen LogP contribution is 2.30. The van der Waals surface area contributed by atoms with E-state index in [1.54, 1.807) is 4.90 Å². The minimum Gasteiger partial charge on any atom is -0.342 e. The molecule has 0 bridgehead atoms. The monoisotopic (exact) mass is 343 g/mol. The van der Waals surface area contributed by atoms with Gasteiger partial charge in [0.15, 0.2) is 0 Å². The lowest BCUT2D eigenvalue weighted by molar-refractivity contribution is -0.140. The van der Waals surface area contributed by atoms with Gasteiger partial charge in [0.05, 0.1) is 0 Å². The van der Waals surface area contributed by atoms with Gasteiger partial charge in [-0.25, -0.2) is 4.79 Å². The molecule has 2 aliphatic rings. The van der Waals surface area contributed by atoms with Crippen LogP contribution in [0.4, 0.5) is 4.79 Å². The molecule has 134 valence electrons. The van der Waals surface area contributed by atoms with Crippen molar-refractivity contribution in [2.75, 3.05) is 19.6 Å². The summed E-state index contributed by atoms with van der Waals surface area (Å²) in [6, 6.07) is 9.51. The van der Waals surface area contributed by atoms with E-state index >= 15 is 0 Å². The summed E-state index contributed by atoms with van der Waals surface area (Å²) in [5.74, 6) is -0.0945. The molecule has 4 amide bonds. The van der Waals surface area contributed by atoms with Gasteiger partial charge in [-0.1, -0.05) is 44.2 Å². The SMILES string of the molecule is CC(C)C(=O)N1CCC2(CC1)NC(=O)N(CCc1ccccc1)C2=O. The second kappa shape index (κ2) is 6.86. The van der Waals surface area contributed by atoms with Crippen molar-refractivity contribution in [3.63, 3.8) is 0 Å². The molecular formula is C19H25N3O3. The van der Waals surface area contributed by atoms with Crippen LogP contribution in [0.2, 0.25) is 0 Å². The Morgan fingerprint density at radius 3 is 2.40 bits per heavy atom. The van der Waals surface area contributed by atoms with Crippen LogP contribution in [0.25, 0.3) is 0 Å². The molecular weight excluding hydrogens is 318 g/mol. The summed E-state index contributed by atoms with van der Waals surface area (Å²) in [6.45, 7) is 5.15. The second-order valence-corrected chi connectivity index (χ2v) is 7.18. The van der Waals surface area contributed by atoms with Crippen molar-refractivity contribution in [1.29, 1.82) is 0 Å². The van der Waals surface area contributed by atoms with Crippen molar-refractivity contribution < 1.29 is 14.4 Å². The van der Waals surface area contributed by atoms with Crippen molar-refractivity contribution in [2.24, 2.45) is 5.92 Å². The second-order valence-electron chi connectivity index (χ2n) is 7.18. The summed E-state index contributed by atoms with van der Waals surface area (Å²) >= 11 is 0. The number of imide groups is 1. The van der Waals surface area contributed by atoms with E-state index in [1.165, 1.54) is 4.90 Å². The normalized spacial score (nSPS) is 19.6. The molecule has 0 atom stereocenters. The molecule has 6 nitrogen and oxygen atoms in total. The van der Waals surface area contributed by atoms with Crippen molar-refractivity contribution in [1.82, 2.24) is 15.1 Å². The fraction of sp³-hybridized carbons (Fsp3) is 0.526. The van der Waals surface area contributed by atoms with E-state index in [0.717, 1.165) is 5.56 Å². The van der Waals surface area contributed by atoms with Crippen LogP contribution < -0.4 is 5.32 Å². The van der Waals surface area contributed by atoms with Crippen molar-refractivity contribution in [3.05, 3.63) is 35.9 Å². The van der Waals surface area contributed by atoms with Gasteiger partial charge in [0.25, 0.3) is 5.91 Å². The van der Waals surface area contributed by atoms with E-state index in [9.17, 15) is 14.4 Å². The molecule has 0 radical (unpaired) electrons. The van der Waals surface area contributed by atoms with Gasteiger partial charge in [-0.05, 0) is 24.8 Å². The smallest absolute Gasteiger partial charge is 0.325 e. The minimum absolute atomic E-state index is 0.0507. The molecule has 1 aromatic carbocycles. The number of piperidine rings is 1. The maximum atomic E-state index is 12.9. The molecule has 0 saturated carbocycles. The molecule has 2 fully saturated rings. The number of benzene rings is 1. The number of nitrogens with zero attached hydrogens (tertiary/aromatic N) is 2. The number of hydrogen-bond donors (Lipinski definition) is 1. The summed E-state index contributed by atoms with van der Waals surface area (Å²) in [6.07, 6.45) is 1.61. The zero-order chi connectivity index (χ0) is 18.0. The van der Waals surface area contributed by atoms with Gasteiger partial charge in [-0.15, -0.1) is 0 Å². The van der Waals surface area contributed by atoms with Crippen molar-refractivity contribution in [3.8, 4) is 0 Å². The lowest BCUT2D eigenvalue weighted by atomic mass is 9.87. The van der Waals surface area contributed by atoms with E-state index in [2.05, 4.69) is 5.32 Å². The van der Waals surface area contributed by atoms with Crippen LogP contribution in [-0.4, -0.2) is 52.8 Å². The van der Waals surface area contributed by atoms with E-state index in [-0.39, 0.29) is 23.8 Å². The molecule has 0 unspecified atom stereocenters. The molecule has 3 rings (SSSR count). The number of likely N-dealkylation sites (tertiary alicyclic amines) is 1. The van der Waals surface area contributed by atoms with Gasteiger partial charge in [0.1, 0.15) is 5.54 Å². The summed E-state index contributed by atoms with van der Waals surface area (Å²) in [5, 5.41) is 2.89. The van der Waals surface area contributed by atoms with Crippen LogP contribution in [0.3, 0.4) is 0 Å². The standard InChI is InChI=1S/C19H25N3O3/c1-14(2)16(23)21-12-9-19(10-13-21)17(24)22(18(25)20-19)11-8-15-6-4-3-5-7-15/h3-7,14H,8-13H2,1-2H3,(H,20,25). The maximum Gasteiger partial charge on any atom is 0.325 e. The quantitative estimate of drug-likeness (QED) is 0.848. The van der Waals surface area contributed by atoms with Crippen LogP contribution in [-0.2, 0) is 16.0 Å². The summed E-state index contributed by atoms with van der Waals surface area (Å²) < 4.78 is 0. The number of rotatable bonds is 4. The number of carbonyl (C=O) groups excluding carboxylic acids is 3. The first-order valence-corrected chi connectivity index (χ1v) is 8.90. The van der Waals surface area contributed by atoms with Crippen LogP contribution in [0.15, 0.2) is 30.3 Å². The van der Waals surface area contributed by atoms with Gasteiger partial charge >= 0.3 is 6.03 Å². The van der Waals surface area contributed by atoms with Crippen LogP contribution in [0.1, 0.15) is 32.3 Å². The average Bonchev–Trinajstić information content (AvgIpc) is 2.84. The molecule has 2 aliphatic heterocycles. The van der Waals surface area contributed by atoms with Gasteiger partial charge in [-0.2, -0.15) is 0 Å². The Bertz CT molecular complexity index is 664. The Hall–Kier alpha value is -2.37. The summed E-state index contributed by atoms with van der Waals surface area (Å²) in [4.78, 5) is 40.4. The molecule has 2 saturated heterocycles. The molecule has 6 heteroatoms. The molecule has 0 aromatic heterocycles. The Morgan fingerprint density at radius 2 is 1.80 bits per heavy atom. The number of urea groups is 1. The lowest BCUT2D eigenvalue weighted by Gasteiger charge is -2.38. The third kappa shape index (κ3) is 3.38. The molecule has 1 aromatic rings. The Labute approximate surface area is 148 Å². The number of hydrogen-bond acceptors (Lipinski definition) is 3. The molecule has 25 heavy (non-hydrogen) atoms. The molecule has 0 aliphatic carbocycles. The van der Waals surface area contributed by atoms with E-state index in [1.807, 2.05) is 44.2 Å². The number of amides is 4. The van der Waals surface area contributed by atoms with Crippen molar-refractivity contribution in [2.45, 2.75) is 38.6 Å². The zero-order valence-electron chi connectivity index (χ0n) is 14.8. The molecule has 2 heterocycles. The lowest BCUT2D eigenvalue weighted by Crippen LogP contribution is -2.56. The van der Waals surface area contributed by atoms with E-state index in [0.29, 0.717) is 38.9 Å². The number of nitrogens with one attached hydrogen (secondary N) is 1. The fourth-order valence-corrected chi connectivity index (χ4v) is 3.58. The van der Waals surface area contributed by atoms with Crippen LogP contribution in [0.5, 0.6) is 0 Å². The Balaban J connectivity index is 1.62. The van der Waals surface area contributed by atoms with Gasteiger partial charge in [0, 0.05) is 25.6 Å². The summed E-state index contributed by atoms with van der Waals surface area (Å²) in [7, 11) is 0. The van der Waals surface area contributed by atoms with Gasteiger partial charge in [0.2, 0.25) is 5.91 Å². The van der Waals surface area contributed by atoms with E-state index in [4.69, 9.17) is 0 Å². The fourth-order valence-electron chi connectivity index (χ4n) is 3.58. The predicted molar refractivity (Wildman–Crippen MR) is 93.8 cm³/mol. The van der Waals surface area contributed by atoms with Gasteiger partial charge in [-0.3, -0.25) is 14.5 Å². The molecule has 1 spiro atoms. The Kier molecular flexibility index (Phi) is 4.79. The van der Waals surface area contributed by atoms with Crippen LogP contribution in [0, 0.1) is 5.92 Å². The zero-order valence-corrected chi connectivity index (χ0v) is 14.8. The molecule has 1 N–H and O–H groups in total. The average molecular weight is 343 g/mol.